The quantitative estimate of drug-likeness (QED) is 0.309. The molecular weight excluding hydrogens is 602 g/mol. The van der Waals surface area contributed by atoms with Gasteiger partial charge < -0.3 is 19.5 Å². The molecule has 3 fully saturated rings. The number of nitrogens with one attached hydrogen (secondary N) is 2. The van der Waals surface area contributed by atoms with Gasteiger partial charge in [0.1, 0.15) is 28.8 Å². The molecule has 3 amide bonds. The Kier molecular flexibility index (Phi) is 7.97. The van der Waals surface area contributed by atoms with Crippen molar-refractivity contribution in [2.24, 2.45) is 5.92 Å². The number of hydrogen-bond acceptors (Lipinski definition) is 10. The molecule has 0 aromatic carbocycles. The summed E-state index contributed by atoms with van der Waals surface area (Å²) in [7, 11) is -2.40. The van der Waals surface area contributed by atoms with Crippen LogP contribution in [-0.4, -0.2) is 83.4 Å². The van der Waals surface area contributed by atoms with Crippen molar-refractivity contribution in [3.05, 3.63) is 36.1 Å². The van der Waals surface area contributed by atoms with Crippen molar-refractivity contribution in [1.29, 1.82) is 0 Å². The Bertz CT molecular complexity index is 1590. The molecule has 2 saturated carbocycles. The molecule has 2 aromatic heterocycles. The van der Waals surface area contributed by atoms with Crippen molar-refractivity contribution < 1.29 is 37.0 Å². The molecule has 0 bridgehead atoms. The van der Waals surface area contributed by atoms with Crippen molar-refractivity contribution in [2.45, 2.75) is 75.0 Å². The number of carbonyl (C=O) groups excluding carboxylic acids is 3. The lowest BCUT2D eigenvalue weighted by Crippen LogP contribution is -2.56. The predicted molar refractivity (Wildman–Crippen MR) is 156 cm³/mol. The Morgan fingerprint density at radius 3 is 2.58 bits per heavy atom. The molecule has 43 heavy (non-hydrogen) atoms. The Balaban J connectivity index is 1.39. The number of hydrogen-bond donors (Lipinski definition) is 2. The predicted octanol–water partition coefficient (Wildman–Crippen LogP) is 2.72. The second kappa shape index (κ2) is 11.1. The summed E-state index contributed by atoms with van der Waals surface area (Å²) in [5.74, 6) is -1.58. The first kappa shape index (κ1) is 30.8. The van der Waals surface area contributed by atoms with Gasteiger partial charge in [-0.05, 0) is 52.2 Å². The van der Waals surface area contributed by atoms with Gasteiger partial charge in [0.2, 0.25) is 15.9 Å². The topological polar surface area (TPSA) is 166 Å². The third-order valence-corrected chi connectivity index (χ3v) is 9.66. The second-order valence-electron chi connectivity index (χ2n) is 12.0. The van der Waals surface area contributed by atoms with E-state index in [1.54, 1.807) is 32.9 Å². The standard InChI is InChI=1S/C28H34ClN5O8S/c1-6-16-13-28(16,25(36)33-43(38,39)18-7-8-18)32-23(35)19-12-17(14-34(19)26(37)42-27(2,3)4)41-24-20(40-5)11-15-9-10-30-22(29)21(15)31-24/h6,9-11,16-19H,1,7-8,12-14H2,2-5H3,(H,32,35)(H,33,36)/t16-,17-,19+,28-/m1/s1. The van der Waals surface area contributed by atoms with E-state index < -0.39 is 62.4 Å². The number of sulfonamides is 1. The molecule has 3 aliphatic rings. The van der Waals surface area contributed by atoms with E-state index in [2.05, 4.69) is 26.6 Å². The van der Waals surface area contributed by atoms with Gasteiger partial charge in [0, 0.05) is 23.9 Å². The summed E-state index contributed by atoms with van der Waals surface area (Å²) >= 11 is 6.24. The average molecular weight is 636 g/mol. The van der Waals surface area contributed by atoms with Gasteiger partial charge in [-0.2, -0.15) is 0 Å². The van der Waals surface area contributed by atoms with Gasteiger partial charge in [0.15, 0.2) is 10.9 Å². The molecule has 232 valence electrons. The lowest BCUT2D eigenvalue weighted by molar-refractivity contribution is -0.131. The second-order valence-corrected chi connectivity index (χ2v) is 14.3. The van der Waals surface area contributed by atoms with Gasteiger partial charge in [-0.25, -0.2) is 23.2 Å². The van der Waals surface area contributed by atoms with E-state index in [0.717, 1.165) is 0 Å². The van der Waals surface area contributed by atoms with Gasteiger partial charge in [-0.3, -0.25) is 19.2 Å². The monoisotopic (exact) mass is 635 g/mol. The molecule has 0 radical (unpaired) electrons. The highest BCUT2D eigenvalue weighted by Crippen LogP contribution is 2.45. The molecule has 0 spiro atoms. The maximum absolute atomic E-state index is 13.8. The first-order chi connectivity index (χ1) is 20.2. The number of halogens is 1. The number of carbonyl (C=O) groups is 3. The van der Waals surface area contributed by atoms with Crippen LogP contribution >= 0.6 is 11.6 Å². The van der Waals surface area contributed by atoms with Crippen LogP contribution in [-0.2, 0) is 24.3 Å². The van der Waals surface area contributed by atoms with Crippen molar-refractivity contribution in [2.75, 3.05) is 13.7 Å². The zero-order valence-electron chi connectivity index (χ0n) is 24.3. The van der Waals surface area contributed by atoms with E-state index in [-0.39, 0.29) is 30.4 Å². The highest BCUT2D eigenvalue weighted by Gasteiger charge is 2.62. The Hall–Kier alpha value is -3.65. The third-order valence-electron chi connectivity index (χ3n) is 7.56. The van der Waals surface area contributed by atoms with Crippen molar-refractivity contribution in [3.63, 3.8) is 0 Å². The molecule has 0 unspecified atom stereocenters. The van der Waals surface area contributed by atoms with Crippen molar-refractivity contribution in [3.8, 4) is 11.6 Å². The van der Waals surface area contributed by atoms with Crippen LogP contribution in [0.5, 0.6) is 11.6 Å². The molecule has 2 N–H and O–H groups in total. The zero-order chi connectivity index (χ0) is 31.3. The van der Waals surface area contributed by atoms with Crippen molar-refractivity contribution in [1.82, 2.24) is 24.9 Å². The molecular formula is C28H34ClN5O8S. The zero-order valence-corrected chi connectivity index (χ0v) is 25.8. The number of nitrogens with zero attached hydrogens (tertiary/aromatic N) is 3. The highest BCUT2D eigenvalue weighted by atomic mass is 35.5. The molecule has 5 rings (SSSR count). The van der Waals surface area contributed by atoms with Crippen molar-refractivity contribution >= 4 is 50.4 Å². The van der Waals surface area contributed by atoms with E-state index in [4.69, 9.17) is 25.8 Å². The average Bonchev–Trinajstić information content (AvgIpc) is 3.84. The number of pyridine rings is 2. The van der Waals surface area contributed by atoms with Gasteiger partial charge in [0.05, 0.1) is 18.9 Å². The van der Waals surface area contributed by atoms with Gasteiger partial charge in [-0.1, -0.05) is 17.7 Å². The molecule has 13 nitrogen and oxygen atoms in total. The first-order valence-corrected chi connectivity index (χ1v) is 15.8. The third kappa shape index (κ3) is 6.35. The smallest absolute Gasteiger partial charge is 0.411 e. The normalized spacial score (nSPS) is 25.1. The van der Waals surface area contributed by atoms with E-state index in [9.17, 15) is 22.8 Å². The van der Waals surface area contributed by atoms with Gasteiger partial charge in [0.25, 0.3) is 11.8 Å². The number of methoxy groups -OCH3 is 1. The molecule has 4 atom stereocenters. The van der Waals surface area contributed by atoms with Crippen LogP contribution < -0.4 is 19.5 Å². The summed E-state index contributed by atoms with van der Waals surface area (Å²) in [6.45, 7) is 8.77. The van der Waals surface area contributed by atoms with Gasteiger partial charge in [-0.15, -0.1) is 6.58 Å². The van der Waals surface area contributed by atoms with E-state index >= 15 is 0 Å². The fraction of sp³-hybridized carbons (Fsp3) is 0.536. The molecule has 1 aliphatic heterocycles. The summed E-state index contributed by atoms with van der Waals surface area (Å²) in [6, 6.07) is 2.31. The van der Waals surface area contributed by atoms with Crippen LogP contribution in [0.3, 0.4) is 0 Å². The Morgan fingerprint density at radius 1 is 1.26 bits per heavy atom. The summed E-state index contributed by atoms with van der Waals surface area (Å²) in [4.78, 5) is 49.9. The van der Waals surface area contributed by atoms with Gasteiger partial charge >= 0.3 is 6.09 Å². The van der Waals surface area contributed by atoms with Crippen LogP contribution in [0, 0.1) is 5.92 Å². The lowest BCUT2D eigenvalue weighted by atomic mass is 10.1. The molecule has 2 aromatic rings. The first-order valence-electron chi connectivity index (χ1n) is 13.8. The summed E-state index contributed by atoms with van der Waals surface area (Å²) in [6.07, 6.45) is 2.68. The van der Waals surface area contributed by atoms with Crippen LogP contribution in [0.2, 0.25) is 5.15 Å². The number of rotatable bonds is 9. The molecule has 15 heteroatoms. The fourth-order valence-electron chi connectivity index (χ4n) is 5.09. The Morgan fingerprint density at radius 2 is 1.98 bits per heavy atom. The largest absolute Gasteiger partial charge is 0.491 e. The highest BCUT2D eigenvalue weighted by molar-refractivity contribution is 7.91. The fourth-order valence-corrected chi connectivity index (χ4v) is 6.66. The molecule has 1 saturated heterocycles. The summed E-state index contributed by atoms with van der Waals surface area (Å²) < 4.78 is 44.3. The van der Waals surface area contributed by atoms with Crippen LogP contribution in [0.25, 0.3) is 10.9 Å². The molecule has 3 heterocycles. The summed E-state index contributed by atoms with van der Waals surface area (Å²) in [5, 5.41) is 2.94. The lowest BCUT2D eigenvalue weighted by Gasteiger charge is -2.29. The van der Waals surface area contributed by atoms with E-state index in [1.165, 1.54) is 24.3 Å². The minimum absolute atomic E-state index is 0.0194. The van der Waals surface area contributed by atoms with Crippen LogP contribution in [0.15, 0.2) is 31.0 Å². The number of ether oxygens (including phenoxy) is 3. The minimum Gasteiger partial charge on any atom is -0.491 e. The van der Waals surface area contributed by atoms with Crippen LogP contribution in [0.4, 0.5) is 4.79 Å². The SMILES string of the molecule is C=C[C@@H]1C[C@]1(NC(=O)[C@@H]1C[C@@H](Oc2nc3c(Cl)nccc3cc2OC)CN1C(=O)OC(C)(C)C)C(=O)NS(=O)(=O)C1CC1. The minimum atomic E-state index is -3.85. The number of likely N-dealkylation sites (tertiary alicyclic amines) is 1. The van der Waals surface area contributed by atoms with Crippen LogP contribution in [0.1, 0.15) is 46.5 Å². The summed E-state index contributed by atoms with van der Waals surface area (Å²) in [5.41, 5.74) is -1.98. The van der Waals surface area contributed by atoms with E-state index in [1.807, 2.05) is 0 Å². The maximum Gasteiger partial charge on any atom is 0.411 e. The van der Waals surface area contributed by atoms with E-state index in [0.29, 0.717) is 29.5 Å². The molecule has 2 aliphatic carbocycles. The Labute approximate surface area is 254 Å². The number of fused-ring (bicyclic) bond motifs is 1. The number of amides is 3. The number of aromatic nitrogens is 2. The maximum atomic E-state index is 13.8.